The summed E-state index contributed by atoms with van der Waals surface area (Å²) in [5.74, 6) is -0.813. The molecule has 42 heavy (non-hydrogen) atoms. The summed E-state index contributed by atoms with van der Waals surface area (Å²) in [6.45, 7) is -2.78. The highest BCUT2D eigenvalue weighted by Gasteiger charge is 2.39. The van der Waals surface area contributed by atoms with Crippen molar-refractivity contribution in [2.75, 3.05) is 18.9 Å². The van der Waals surface area contributed by atoms with Gasteiger partial charge >= 0.3 is 12.6 Å². The van der Waals surface area contributed by atoms with Gasteiger partial charge in [0, 0.05) is 36.2 Å². The number of anilines is 1. The number of benzene rings is 2. The Hall–Kier alpha value is -3.62. The van der Waals surface area contributed by atoms with Crippen LogP contribution >= 0.6 is 34.5 Å². The van der Waals surface area contributed by atoms with Crippen LogP contribution in [0, 0.1) is 5.82 Å². The Bertz CT molecular complexity index is 1690. The number of aromatic nitrogens is 4. The fraction of sp³-hybridized carbons (Fsp3) is 0.346. The molecule has 4 heterocycles. The van der Waals surface area contributed by atoms with E-state index in [2.05, 4.69) is 15.2 Å². The van der Waals surface area contributed by atoms with Gasteiger partial charge in [0.2, 0.25) is 0 Å². The van der Waals surface area contributed by atoms with Crippen LogP contribution in [0.5, 0.6) is 5.75 Å². The maximum absolute atomic E-state index is 14.5. The van der Waals surface area contributed by atoms with Crippen LogP contribution in [0.4, 0.5) is 23.1 Å². The summed E-state index contributed by atoms with van der Waals surface area (Å²) >= 11 is 14.5. The number of fused-ring (bicyclic) bond motifs is 3. The van der Waals surface area contributed by atoms with E-state index in [0.29, 0.717) is 28.9 Å². The van der Waals surface area contributed by atoms with Crippen LogP contribution in [0.3, 0.4) is 0 Å². The number of ether oxygens (including phenoxy) is 1. The fourth-order valence-electron chi connectivity index (χ4n) is 5.63. The SMILES string of the molecule is Nc1nc2c(-c3c(Cl)cc4c(c3Cl)OCCC3CCC(N(C(=O)n5cnnc5)C(F)F)CCN3C4=O)ccc(F)c2s1. The molecule has 1 fully saturated rings. The Morgan fingerprint density at radius 3 is 2.64 bits per heavy atom. The molecule has 0 bridgehead atoms. The second-order valence-electron chi connectivity index (χ2n) is 9.89. The first-order valence-electron chi connectivity index (χ1n) is 12.9. The van der Waals surface area contributed by atoms with E-state index in [9.17, 15) is 22.8 Å². The third kappa shape index (κ3) is 4.90. The molecule has 220 valence electrons. The van der Waals surface area contributed by atoms with Crippen molar-refractivity contribution in [1.29, 1.82) is 0 Å². The van der Waals surface area contributed by atoms with Crippen LogP contribution in [0.25, 0.3) is 21.3 Å². The van der Waals surface area contributed by atoms with E-state index in [1.54, 1.807) is 4.90 Å². The monoisotopic (exact) mass is 639 g/mol. The molecule has 10 nitrogen and oxygen atoms in total. The zero-order valence-electron chi connectivity index (χ0n) is 21.6. The number of nitrogen functional groups attached to an aromatic ring is 1. The van der Waals surface area contributed by atoms with Crippen molar-refractivity contribution in [2.24, 2.45) is 0 Å². The van der Waals surface area contributed by atoms with E-state index in [1.807, 2.05) is 0 Å². The number of carbonyl (C=O) groups excluding carboxylic acids is 2. The number of thiazole rings is 1. The molecule has 2 N–H and O–H groups in total. The molecule has 4 aromatic rings. The van der Waals surface area contributed by atoms with Gasteiger partial charge in [-0.2, -0.15) is 8.78 Å². The highest BCUT2D eigenvalue weighted by molar-refractivity contribution is 7.22. The smallest absolute Gasteiger partial charge is 0.335 e. The summed E-state index contributed by atoms with van der Waals surface area (Å²) in [6.07, 6.45) is 3.26. The first kappa shape index (κ1) is 28.5. The lowest BCUT2D eigenvalue weighted by atomic mass is 9.99. The number of alkyl halides is 2. The van der Waals surface area contributed by atoms with Gasteiger partial charge in [-0.05, 0) is 37.5 Å². The van der Waals surface area contributed by atoms with Crippen molar-refractivity contribution in [3.63, 3.8) is 0 Å². The Balaban J connectivity index is 1.33. The minimum absolute atomic E-state index is 0.0555. The maximum atomic E-state index is 14.5. The molecule has 2 aliphatic rings. The van der Waals surface area contributed by atoms with Crippen LogP contribution in [-0.2, 0) is 0 Å². The van der Waals surface area contributed by atoms with Gasteiger partial charge in [-0.25, -0.2) is 18.7 Å². The lowest BCUT2D eigenvalue weighted by molar-refractivity contribution is -0.0248. The lowest BCUT2D eigenvalue weighted by Gasteiger charge is -2.33. The highest BCUT2D eigenvalue weighted by atomic mass is 35.5. The third-order valence-electron chi connectivity index (χ3n) is 7.58. The molecule has 2 aliphatic heterocycles. The molecule has 0 spiro atoms. The molecule has 6 rings (SSSR count). The van der Waals surface area contributed by atoms with Crippen LogP contribution in [0.1, 0.15) is 36.0 Å². The van der Waals surface area contributed by atoms with Gasteiger partial charge in [-0.3, -0.25) is 9.69 Å². The number of hydrogen-bond acceptors (Lipinski definition) is 8. The van der Waals surface area contributed by atoms with Crippen molar-refractivity contribution in [1.82, 2.24) is 29.5 Å². The standard InChI is InChI=1S/C26H22Cl2F3N7O3S/c27-16-9-15-21(19(28)18(16)14-3-4-17(29)22-20(14)35-25(32)42-22)41-8-6-12-1-2-13(5-7-37(12)23(15)39)38(24(30)31)26(40)36-10-33-34-11-36/h3-4,9-13,24H,1-2,5-8H2,(H2,32,35). The molecule has 0 saturated carbocycles. The summed E-state index contributed by atoms with van der Waals surface area (Å²) in [5.41, 5.74) is 6.97. The van der Waals surface area contributed by atoms with Crippen LogP contribution in [0.2, 0.25) is 10.0 Å². The minimum Gasteiger partial charge on any atom is -0.491 e. The van der Waals surface area contributed by atoms with Gasteiger partial charge < -0.3 is 15.4 Å². The molecule has 2 atom stereocenters. The zero-order chi connectivity index (χ0) is 29.7. The molecule has 2 unspecified atom stereocenters. The van der Waals surface area contributed by atoms with Gasteiger partial charge in [-0.1, -0.05) is 34.5 Å². The summed E-state index contributed by atoms with van der Waals surface area (Å²) in [7, 11) is 0. The highest BCUT2D eigenvalue weighted by Crippen LogP contribution is 2.47. The molecule has 0 aliphatic carbocycles. The predicted octanol–water partition coefficient (Wildman–Crippen LogP) is 5.92. The number of nitrogens with zero attached hydrogens (tertiary/aromatic N) is 6. The molecule has 2 aromatic heterocycles. The number of carbonyl (C=O) groups is 2. The van der Waals surface area contributed by atoms with E-state index in [-0.39, 0.29) is 68.7 Å². The zero-order valence-corrected chi connectivity index (χ0v) is 24.0. The van der Waals surface area contributed by atoms with Crippen molar-refractivity contribution >= 4 is 61.8 Å². The lowest BCUT2D eigenvalue weighted by Crippen LogP contribution is -2.46. The first-order valence-corrected chi connectivity index (χ1v) is 14.5. The predicted molar refractivity (Wildman–Crippen MR) is 151 cm³/mol. The largest absolute Gasteiger partial charge is 0.491 e. The summed E-state index contributed by atoms with van der Waals surface area (Å²) in [5, 5.41) is 7.39. The van der Waals surface area contributed by atoms with Crippen LogP contribution in [0.15, 0.2) is 30.9 Å². The van der Waals surface area contributed by atoms with E-state index in [0.717, 1.165) is 28.6 Å². The Kier molecular flexibility index (Phi) is 7.62. The van der Waals surface area contributed by atoms with Crippen LogP contribution in [-0.4, -0.2) is 73.3 Å². The average molecular weight is 640 g/mol. The quantitative estimate of drug-likeness (QED) is 0.276. The summed E-state index contributed by atoms with van der Waals surface area (Å²) in [6, 6.07) is 2.09. The first-order chi connectivity index (χ1) is 20.2. The van der Waals surface area contributed by atoms with E-state index in [4.69, 9.17) is 33.7 Å². The van der Waals surface area contributed by atoms with Crippen molar-refractivity contribution in [3.8, 4) is 16.9 Å². The Labute approximate surface area is 250 Å². The topological polar surface area (TPSA) is 119 Å². The maximum Gasteiger partial charge on any atom is 0.335 e. The fourth-order valence-corrected chi connectivity index (χ4v) is 7.10. The minimum atomic E-state index is -3.06. The molecule has 0 radical (unpaired) electrons. The van der Waals surface area contributed by atoms with Gasteiger partial charge in [0.15, 0.2) is 10.9 Å². The third-order valence-corrected chi connectivity index (χ3v) is 9.14. The van der Waals surface area contributed by atoms with Gasteiger partial charge in [0.1, 0.15) is 18.5 Å². The molecule has 16 heteroatoms. The van der Waals surface area contributed by atoms with E-state index >= 15 is 0 Å². The summed E-state index contributed by atoms with van der Waals surface area (Å²) < 4.78 is 49.8. The van der Waals surface area contributed by atoms with Gasteiger partial charge in [-0.15, -0.1) is 10.2 Å². The Morgan fingerprint density at radius 1 is 1.14 bits per heavy atom. The van der Waals surface area contributed by atoms with Crippen molar-refractivity contribution < 1.29 is 27.5 Å². The second kappa shape index (κ2) is 11.2. The molecular formula is C26H22Cl2F3N7O3S. The molecule has 1 saturated heterocycles. The van der Waals surface area contributed by atoms with Crippen LogP contribution < -0.4 is 10.5 Å². The number of halogens is 5. The average Bonchev–Trinajstić information content (AvgIpc) is 3.58. The number of hydrogen-bond donors (Lipinski definition) is 1. The van der Waals surface area contributed by atoms with E-state index in [1.165, 1.54) is 18.2 Å². The van der Waals surface area contributed by atoms with E-state index < -0.39 is 30.3 Å². The molecular weight excluding hydrogens is 618 g/mol. The normalized spacial score (nSPS) is 19.1. The summed E-state index contributed by atoms with van der Waals surface area (Å²) in [4.78, 5) is 33.1. The number of amides is 2. The van der Waals surface area contributed by atoms with Crippen molar-refractivity contribution in [2.45, 2.75) is 44.3 Å². The molecule has 2 aromatic carbocycles. The second-order valence-corrected chi connectivity index (χ2v) is 11.7. The van der Waals surface area contributed by atoms with Gasteiger partial charge in [0.05, 0.1) is 32.4 Å². The Morgan fingerprint density at radius 2 is 1.90 bits per heavy atom. The van der Waals surface area contributed by atoms with Gasteiger partial charge in [0.25, 0.3) is 5.91 Å². The number of rotatable bonds is 3. The molecule has 2 amide bonds. The number of nitrogens with two attached hydrogens (primary N) is 1. The van der Waals surface area contributed by atoms with Crippen molar-refractivity contribution in [3.05, 3.63) is 52.3 Å².